The van der Waals surface area contributed by atoms with Crippen molar-refractivity contribution < 1.29 is 18.0 Å². The first-order valence-corrected chi connectivity index (χ1v) is 22.0. The molecule has 3 aliphatic carbocycles. The van der Waals surface area contributed by atoms with E-state index < -0.39 is 22.3 Å². The summed E-state index contributed by atoms with van der Waals surface area (Å²) in [5.74, 6) is 0.340. The maximum atomic E-state index is 15.8. The van der Waals surface area contributed by atoms with Gasteiger partial charge in [0.2, 0.25) is 0 Å². The minimum Gasteiger partial charge on any atom is -0.414 e. The molecule has 0 aromatic carbocycles. The molecule has 0 saturated heterocycles. The Kier molecular flexibility index (Phi) is 10.4. The second kappa shape index (κ2) is 12.3. The third-order valence-electron chi connectivity index (χ3n) is 11.7. The lowest BCUT2D eigenvalue weighted by atomic mass is 9.60. The van der Waals surface area contributed by atoms with Gasteiger partial charge in [0.25, 0.3) is 0 Å². The molecular formula is C35H61FO3Si2. The van der Waals surface area contributed by atoms with Crippen LogP contribution in [0.5, 0.6) is 0 Å². The summed E-state index contributed by atoms with van der Waals surface area (Å²) in [6.45, 7) is 27.3. The van der Waals surface area contributed by atoms with E-state index in [1.807, 2.05) is 0 Å². The molecule has 0 heterocycles. The van der Waals surface area contributed by atoms with E-state index in [2.05, 4.69) is 86.8 Å². The fourth-order valence-electron chi connectivity index (χ4n) is 7.37. The summed E-state index contributed by atoms with van der Waals surface area (Å²) < 4.78 is 29.8. The smallest absolute Gasteiger partial charge is 0.192 e. The summed E-state index contributed by atoms with van der Waals surface area (Å²) in [5, 5.41) is 0.340. The molecule has 0 bridgehead atoms. The summed E-state index contributed by atoms with van der Waals surface area (Å²) in [4.78, 5) is 10.9. The Morgan fingerprint density at radius 2 is 1.41 bits per heavy atom. The van der Waals surface area contributed by atoms with Crippen LogP contribution in [0.25, 0.3) is 0 Å². The van der Waals surface area contributed by atoms with Crippen molar-refractivity contribution in [2.24, 2.45) is 17.3 Å². The molecule has 3 fully saturated rings. The van der Waals surface area contributed by atoms with Gasteiger partial charge in [0, 0.05) is 5.92 Å². The Labute approximate surface area is 254 Å². The third kappa shape index (κ3) is 7.83. The summed E-state index contributed by atoms with van der Waals surface area (Å²) in [6.07, 6.45) is 16.7. The summed E-state index contributed by atoms with van der Waals surface area (Å²) in [5.41, 5.74) is 1.38. The number of carbonyl (C=O) groups excluding carboxylic acids is 1. The second-order valence-corrected chi connectivity index (χ2v) is 26.4. The predicted molar refractivity (Wildman–Crippen MR) is 177 cm³/mol. The van der Waals surface area contributed by atoms with Gasteiger partial charge >= 0.3 is 0 Å². The van der Waals surface area contributed by atoms with Gasteiger partial charge in [0.05, 0.1) is 12.2 Å². The number of carbonyl (C=O) groups is 1. The lowest BCUT2D eigenvalue weighted by molar-refractivity contribution is -0.104. The molecule has 0 aromatic heterocycles. The van der Waals surface area contributed by atoms with E-state index in [0.717, 1.165) is 51.4 Å². The van der Waals surface area contributed by atoms with Crippen LogP contribution in [-0.2, 0) is 13.6 Å². The average molecular weight is 605 g/mol. The highest BCUT2D eigenvalue weighted by molar-refractivity contribution is 6.74. The molecule has 41 heavy (non-hydrogen) atoms. The highest BCUT2D eigenvalue weighted by Crippen LogP contribution is 2.61. The predicted octanol–water partition coefficient (Wildman–Crippen LogP) is 10.5. The van der Waals surface area contributed by atoms with E-state index in [-0.39, 0.29) is 33.6 Å². The number of allylic oxidation sites excluding steroid dienone is 5. The third-order valence-corrected chi connectivity index (χ3v) is 20.8. The van der Waals surface area contributed by atoms with E-state index in [0.29, 0.717) is 12.2 Å². The zero-order chi connectivity index (χ0) is 31.1. The van der Waals surface area contributed by atoms with Crippen LogP contribution in [0.2, 0.25) is 36.3 Å². The van der Waals surface area contributed by atoms with Crippen LogP contribution >= 0.6 is 0 Å². The van der Waals surface area contributed by atoms with E-state index in [1.165, 1.54) is 23.3 Å². The molecule has 0 spiro atoms. The van der Waals surface area contributed by atoms with Crippen molar-refractivity contribution in [3.63, 3.8) is 0 Å². The molecule has 0 aromatic rings. The van der Waals surface area contributed by atoms with Gasteiger partial charge in [-0.2, -0.15) is 0 Å². The molecule has 6 atom stereocenters. The van der Waals surface area contributed by atoms with Gasteiger partial charge in [0.15, 0.2) is 16.6 Å². The molecule has 6 heteroatoms. The number of hydrogen-bond donors (Lipinski definition) is 0. The van der Waals surface area contributed by atoms with Gasteiger partial charge in [-0.15, -0.1) is 0 Å². The van der Waals surface area contributed by atoms with Gasteiger partial charge in [-0.25, -0.2) is 4.39 Å². The molecule has 234 valence electrons. The molecule has 0 radical (unpaired) electrons. The maximum Gasteiger partial charge on any atom is 0.192 e. The highest BCUT2D eigenvalue weighted by atomic mass is 28.4. The van der Waals surface area contributed by atoms with Crippen molar-refractivity contribution in [2.45, 2.75) is 161 Å². The zero-order valence-corrected chi connectivity index (χ0v) is 30.5. The number of alkyl halides is 1. The van der Waals surface area contributed by atoms with Crippen molar-refractivity contribution in [1.29, 1.82) is 0 Å². The van der Waals surface area contributed by atoms with Gasteiger partial charge in [-0.1, -0.05) is 71.8 Å². The van der Waals surface area contributed by atoms with Crippen molar-refractivity contribution in [2.75, 3.05) is 0 Å². The number of fused-ring (bicyclic) bond motifs is 1. The molecular weight excluding hydrogens is 544 g/mol. The standard InChI is InChI=1S/C35H61FO3Si2/c1-32(2,3)40(9,10)38-28-23-26(24-29(25-28)39-41(11,12)33(4,5)6)16-17-27-15-13-20-34(7)30(27)18-19-31(34)35(8,36)21-14-22-37/h14,16-17,21-22,28-31H,13,15,18-20,23-25H2,1-12H3/b21-14+,27-17+/t28-,29-,30+,31+,34+,35-/m1/s1. The molecule has 0 amide bonds. The highest BCUT2D eigenvalue weighted by Gasteiger charge is 2.55. The Balaban J connectivity index is 1.89. The molecule has 0 unspecified atom stereocenters. The van der Waals surface area contributed by atoms with Crippen LogP contribution in [0.15, 0.2) is 35.5 Å². The molecule has 3 rings (SSSR count). The number of hydrogen-bond acceptors (Lipinski definition) is 3. The molecule has 3 aliphatic rings. The largest absolute Gasteiger partial charge is 0.414 e. The molecule has 3 saturated carbocycles. The monoisotopic (exact) mass is 604 g/mol. The Bertz CT molecular complexity index is 989. The number of rotatable bonds is 8. The molecule has 3 nitrogen and oxygen atoms in total. The maximum absolute atomic E-state index is 15.8. The van der Waals surface area contributed by atoms with Crippen LogP contribution in [0, 0.1) is 17.3 Å². The van der Waals surface area contributed by atoms with Crippen molar-refractivity contribution >= 4 is 22.9 Å². The summed E-state index contributed by atoms with van der Waals surface area (Å²) >= 11 is 0. The Hall–Kier alpha value is -0.826. The van der Waals surface area contributed by atoms with Crippen molar-refractivity contribution in [1.82, 2.24) is 0 Å². The Morgan fingerprint density at radius 3 is 1.90 bits per heavy atom. The van der Waals surface area contributed by atoms with Crippen LogP contribution < -0.4 is 0 Å². The van der Waals surface area contributed by atoms with Crippen LogP contribution in [-0.4, -0.2) is 40.8 Å². The van der Waals surface area contributed by atoms with Gasteiger partial charge in [0.1, 0.15) is 12.0 Å². The van der Waals surface area contributed by atoms with E-state index >= 15 is 4.39 Å². The number of aldehydes is 1. The first-order chi connectivity index (χ1) is 18.6. The normalized spacial score (nSPS) is 32.7. The number of halogens is 1. The van der Waals surface area contributed by atoms with Crippen LogP contribution in [0.4, 0.5) is 4.39 Å². The first-order valence-electron chi connectivity index (χ1n) is 16.2. The summed E-state index contributed by atoms with van der Waals surface area (Å²) in [7, 11) is -3.83. The summed E-state index contributed by atoms with van der Waals surface area (Å²) in [6, 6.07) is 0. The fraction of sp³-hybridized carbons (Fsp3) is 0.800. The van der Waals surface area contributed by atoms with E-state index in [4.69, 9.17) is 8.85 Å². The van der Waals surface area contributed by atoms with Gasteiger partial charge < -0.3 is 8.85 Å². The van der Waals surface area contributed by atoms with E-state index in [9.17, 15) is 4.79 Å². The van der Waals surface area contributed by atoms with Gasteiger partial charge in [-0.3, -0.25) is 4.79 Å². The lowest BCUT2D eigenvalue weighted by Crippen LogP contribution is -2.48. The van der Waals surface area contributed by atoms with E-state index in [1.54, 1.807) is 6.92 Å². The minimum absolute atomic E-state index is 0.0630. The first kappa shape index (κ1) is 34.7. The molecule has 0 N–H and O–H groups in total. The van der Waals surface area contributed by atoms with Crippen LogP contribution in [0.3, 0.4) is 0 Å². The minimum atomic E-state index is -1.91. The average Bonchev–Trinajstić information content (AvgIpc) is 3.17. The SMILES string of the molecule is CC(C)(C)[Si](C)(C)O[C@@H]1CC(=C/C=C2\CCC[C@@]3(C)[C@H]2CC[C@@H]3[C@](C)(F)/C=C/C=O)C[C@@H](O[Si](C)(C)C(C)(C)C)C1. The van der Waals surface area contributed by atoms with Crippen LogP contribution in [0.1, 0.15) is 107 Å². The van der Waals surface area contributed by atoms with Gasteiger partial charge in [-0.05, 0) is 118 Å². The Morgan fingerprint density at radius 1 is 0.878 bits per heavy atom. The fourth-order valence-corrected chi connectivity index (χ4v) is 10.1. The molecule has 0 aliphatic heterocycles. The zero-order valence-electron chi connectivity index (χ0n) is 28.5. The second-order valence-electron chi connectivity index (χ2n) is 16.9. The van der Waals surface area contributed by atoms with Crippen molar-refractivity contribution in [3.05, 3.63) is 35.5 Å². The lowest BCUT2D eigenvalue weighted by Gasteiger charge is -2.45. The quantitative estimate of drug-likeness (QED) is 0.157. The topological polar surface area (TPSA) is 35.5 Å². The van der Waals surface area contributed by atoms with Crippen molar-refractivity contribution in [3.8, 4) is 0 Å².